The van der Waals surface area contributed by atoms with Crippen molar-refractivity contribution in [1.82, 2.24) is 0 Å². The first-order valence-electron chi connectivity index (χ1n) is 5.02. The first-order chi connectivity index (χ1) is 5.40. The minimum Gasteiger partial charge on any atom is -0.377 e. The standard InChI is InChI=1S/C11H22O/c1-6-12-9-10(2,3)7-8-11(9,4)5/h9H,6-8H2,1-5H3. The van der Waals surface area contributed by atoms with E-state index in [0.29, 0.717) is 16.9 Å². The summed E-state index contributed by atoms with van der Waals surface area (Å²) >= 11 is 0. The maximum absolute atomic E-state index is 5.83. The Kier molecular flexibility index (Phi) is 2.53. The highest BCUT2D eigenvalue weighted by Crippen LogP contribution is 2.50. The molecule has 1 nitrogen and oxygen atoms in total. The Morgan fingerprint density at radius 3 is 1.83 bits per heavy atom. The van der Waals surface area contributed by atoms with E-state index in [0.717, 1.165) is 6.61 Å². The normalized spacial score (nSPS) is 27.8. The van der Waals surface area contributed by atoms with Gasteiger partial charge in [-0.25, -0.2) is 0 Å². The molecule has 0 unspecified atom stereocenters. The van der Waals surface area contributed by atoms with Gasteiger partial charge in [0.2, 0.25) is 0 Å². The second kappa shape index (κ2) is 3.02. The van der Waals surface area contributed by atoms with Crippen molar-refractivity contribution < 1.29 is 4.74 Å². The molecular formula is C11H22O. The Morgan fingerprint density at radius 2 is 1.50 bits per heavy atom. The first kappa shape index (κ1) is 10.0. The van der Waals surface area contributed by atoms with Gasteiger partial charge in [-0.15, -0.1) is 0 Å². The molecule has 0 atom stereocenters. The fraction of sp³-hybridized carbons (Fsp3) is 1.00. The molecule has 1 heteroatoms. The largest absolute Gasteiger partial charge is 0.377 e. The lowest BCUT2D eigenvalue weighted by atomic mass is 9.81. The lowest BCUT2D eigenvalue weighted by Gasteiger charge is -2.34. The molecule has 1 aliphatic carbocycles. The minimum atomic E-state index is 0.375. The van der Waals surface area contributed by atoms with Crippen molar-refractivity contribution in [2.75, 3.05) is 6.61 Å². The first-order valence-corrected chi connectivity index (χ1v) is 5.02. The average Bonchev–Trinajstić information content (AvgIpc) is 2.13. The van der Waals surface area contributed by atoms with Crippen LogP contribution in [-0.4, -0.2) is 12.7 Å². The fourth-order valence-corrected chi connectivity index (χ4v) is 2.58. The van der Waals surface area contributed by atoms with Crippen LogP contribution in [0.2, 0.25) is 0 Å². The smallest absolute Gasteiger partial charge is 0.0676 e. The molecule has 0 aliphatic heterocycles. The van der Waals surface area contributed by atoms with Crippen molar-refractivity contribution in [3.05, 3.63) is 0 Å². The zero-order valence-electron chi connectivity index (χ0n) is 9.11. The third-order valence-electron chi connectivity index (χ3n) is 3.17. The van der Waals surface area contributed by atoms with Gasteiger partial charge in [-0.2, -0.15) is 0 Å². The van der Waals surface area contributed by atoms with Gasteiger partial charge in [-0.05, 0) is 30.6 Å². The van der Waals surface area contributed by atoms with E-state index < -0.39 is 0 Å². The summed E-state index contributed by atoms with van der Waals surface area (Å²) in [6.45, 7) is 12.2. The predicted octanol–water partition coefficient (Wildman–Crippen LogP) is 3.24. The van der Waals surface area contributed by atoms with Gasteiger partial charge >= 0.3 is 0 Å². The van der Waals surface area contributed by atoms with Gasteiger partial charge in [-0.1, -0.05) is 27.7 Å². The summed E-state index contributed by atoms with van der Waals surface area (Å²) < 4.78 is 5.83. The van der Waals surface area contributed by atoms with Crippen LogP contribution in [0.15, 0.2) is 0 Å². The molecule has 0 aromatic rings. The topological polar surface area (TPSA) is 9.23 Å². The monoisotopic (exact) mass is 170 g/mol. The highest BCUT2D eigenvalue weighted by Gasteiger charge is 2.47. The molecular weight excluding hydrogens is 148 g/mol. The number of hydrogen-bond donors (Lipinski definition) is 0. The SMILES string of the molecule is CCOC1C(C)(C)CCC1(C)C. The molecule has 0 heterocycles. The summed E-state index contributed by atoms with van der Waals surface area (Å²) in [4.78, 5) is 0. The highest BCUT2D eigenvalue weighted by molar-refractivity contribution is 4.97. The second-order valence-electron chi connectivity index (χ2n) is 5.31. The van der Waals surface area contributed by atoms with E-state index in [1.807, 2.05) is 0 Å². The van der Waals surface area contributed by atoms with Gasteiger partial charge in [0.15, 0.2) is 0 Å². The third kappa shape index (κ3) is 1.66. The summed E-state index contributed by atoms with van der Waals surface area (Å²) in [7, 11) is 0. The van der Waals surface area contributed by atoms with Crippen molar-refractivity contribution >= 4 is 0 Å². The van der Waals surface area contributed by atoms with E-state index in [1.165, 1.54) is 12.8 Å². The van der Waals surface area contributed by atoms with Gasteiger partial charge in [-0.3, -0.25) is 0 Å². The molecule has 12 heavy (non-hydrogen) atoms. The molecule has 1 rings (SSSR count). The van der Waals surface area contributed by atoms with Gasteiger partial charge in [0.25, 0.3) is 0 Å². The van der Waals surface area contributed by atoms with Gasteiger partial charge in [0, 0.05) is 6.61 Å². The molecule has 0 amide bonds. The van der Waals surface area contributed by atoms with Crippen LogP contribution in [0.25, 0.3) is 0 Å². The molecule has 1 aliphatic rings. The Labute approximate surface area is 76.5 Å². The molecule has 0 radical (unpaired) electrons. The second-order valence-corrected chi connectivity index (χ2v) is 5.31. The van der Waals surface area contributed by atoms with Crippen LogP contribution in [0.3, 0.4) is 0 Å². The van der Waals surface area contributed by atoms with Gasteiger partial charge < -0.3 is 4.74 Å². The Morgan fingerprint density at radius 1 is 1.08 bits per heavy atom. The van der Waals surface area contributed by atoms with Crippen LogP contribution in [0.1, 0.15) is 47.5 Å². The van der Waals surface area contributed by atoms with Gasteiger partial charge in [0.1, 0.15) is 0 Å². The van der Waals surface area contributed by atoms with Crippen LogP contribution in [0.4, 0.5) is 0 Å². The van der Waals surface area contributed by atoms with Crippen molar-refractivity contribution in [3.8, 4) is 0 Å². The van der Waals surface area contributed by atoms with E-state index in [4.69, 9.17) is 4.74 Å². The molecule has 1 saturated carbocycles. The lowest BCUT2D eigenvalue weighted by molar-refractivity contribution is -0.0527. The average molecular weight is 170 g/mol. The van der Waals surface area contributed by atoms with E-state index in [1.54, 1.807) is 0 Å². The molecule has 0 spiro atoms. The summed E-state index contributed by atoms with van der Waals surface area (Å²) in [6, 6.07) is 0. The van der Waals surface area contributed by atoms with Crippen molar-refractivity contribution in [3.63, 3.8) is 0 Å². The van der Waals surface area contributed by atoms with E-state index >= 15 is 0 Å². The lowest BCUT2D eigenvalue weighted by Crippen LogP contribution is -2.36. The fourth-order valence-electron chi connectivity index (χ4n) is 2.58. The van der Waals surface area contributed by atoms with Crippen LogP contribution in [-0.2, 0) is 4.74 Å². The zero-order chi connectivity index (χ0) is 9.41. The summed E-state index contributed by atoms with van der Waals surface area (Å²) in [5.74, 6) is 0. The molecule has 72 valence electrons. The molecule has 0 N–H and O–H groups in total. The van der Waals surface area contributed by atoms with E-state index in [-0.39, 0.29) is 0 Å². The predicted molar refractivity (Wildman–Crippen MR) is 52.2 cm³/mol. The molecule has 0 aromatic carbocycles. The van der Waals surface area contributed by atoms with Crippen molar-refractivity contribution in [2.24, 2.45) is 10.8 Å². The van der Waals surface area contributed by atoms with Crippen molar-refractivity contribution in [1.29, 1.82) is 0 Å². The van der Waals surface area contributed by atoms with E-state index in [9.17, 15) is 0 Å². The van der Waals surface area contributed by atoms with E-state index in [2.05, 4.69) is 34.6 Å². The maximum atomic E-state index is 5.83. The van der Waals surface area contributed by atoms with Crippen LogP contribution >= 0.6 is 0 Å². The molecule has 1 fully saturated rings. The Bertz CT molecular complexity index is 142. The Hall–Kier alpha value is -0.0400. The van der Waals surface area contributed by atoms with Crippen molar-refractivity contribution in [2.45, 2.75) is 53.6 Å². The Balaban J connectivity index is 2.74. The maximum Gasteiger partial charge on any atom is 0.0676 e. The van der Waals surface area contributed by atoms with Crippen LogP contribution in [0.5, 0.6) is 0 Å². The molecule has 0 bridgehead atoms. The summed E-state index contributed by atoms with van der Waals surface area (Å²) in [6.07, 6.45) is 3.03. The molecule has 0 saturated heterocycles. The van der Waals surface area contributed by atoms with Gasteiger partial charge in [0.05, 0.1) is 6.10 Å². The number of hydrogen-bond acceptors (Lipinski definition) is 1. The quantitative estimate of drug-likeness (QED) is 0.618. The molecule has 0 aromatic heterocycles. The highest BCUT2D eigenvalue weighted by atomic mass is 16.5. The number of ether oxygens (including phenoxy) is 1. The zero-order valence-corrected chi connectivity index (χ0v) is 9.11. The van der Waals surface area contributed by atoms with Crippen LogP contribution < -0.4 is 0 Å². The number of rotatable bonds is 2. The van der Waals surface area contributed by atoms with Crippen LogP contribution in [0, 0.1) is 10.8 Å². The minimum absolute atomic E-state index is 0.375. The third-order valence-corrected chi connectivity index (χ3v) is 3.17. The summed E-state index contributed by atoms with van der Waals surface area (Å²) in [5.41, 5.74) is 0.749. The summed E-state index contributed by atoms with van der Waals surface area (Å²) in [5, 5.41) is 0.